The summed E-state index contributed by atoms with van der Waals surface area (Å²) < 4.78 is 1.97. The van der Waals surface area contributed by atoms with E-state index in [9.17, 15) is 0 Å². The standard InChI is InChI=1S/C13H19N3S/c1-4-10-6-7-17-13(10)12(14-3)11-8-15-16(5-2)9-11/h6-9,12,14H,4-5H2,1-3H3. The summed E-state index contributed by atoms with van der Waals surface area (Å²) in [5.41, 5.74) is 2.67. The summed E-state index contributed by atoms with van der Waals surface area (Å²) in [6.45, 7) is 5.23. The van der Waals surface area contributed by atoms with Crippen LogP contribution in [0.1, 0.15) is 35.9 Å². The Kier molecular flexibility index (Phi) is 3.97. The van der Waals surface area contributed by atoms with Crippen LogP contribution in [0.2, 0.25) is 0 Å². The Balaban J connectivity index is 2.33. The SMILES string of the molecule is CCc1ccsc1C(NC)c1cnn(CC)c1. The van der Waals surface area contributed by atoms with Crippen molar-refractivity contribution >= 4 is 11.3 Å². The van der Waals surface area contributed by atoms with Gasteiger partial charge in [-0.2, -0.15) is 5.10 Å². The Bertz CT molecular complexity index is 472. The van der Waals surface area contributed by atoms with Crippen LogP contribution in [0.25, 0.3) is 0 Å². The normalized spacial score (nSPS) is 12.9. The largest absolute Gasteiger partial charge is 0.309 e. The van der Waals surface area contributed by atoms with Gasteiger partial charge in [0.15, 0.2) is 0 Å². The zero-order chi connectivity index (χ0) is 12.3. The molecule has 1 unspecified atom stereocenters. The van der Waals surface area contributed by atoms with Crippen LogP contribution in [0.4, 0.5) is 0 Å². The molecule has 0 bridgehead atoms. The second kappa shape index (κ2) is 5.47. The molecular weight excluding hydrogens is 230 g/mol. The molecule has 2 heterocycles. The van der Waals surface area contributed by atoms with Gasteiger partial charge in [-0.25, -0.2) is 0 Å². The number of thiophene rings is 1. The molecule has 1 atom stereocenters. The van der Waals surface area contributed by atoms with Gasteiger partial charge in [-0.3, -0.25) is 4.68 Å². The first kappa shape index (κ1) is 12.3. The van der Waals surface area contributed by atoms with Gasteiger partial charge in [0.25, 0.3) is 0 Å². The Hall–Kier alpha value is -1.13. The van der Waals surface area contributed by atoms with E-state index in [1.165, 1.54) is 16.0 Å². The van der Waals surface area contributed by atoms with Gasteiger partial charge in [-0.05, 0) is 37.4 Å². The van der Waals surface area contributed by atoms with Crippen molar-refractivity contribution in [3.8, 4) is 0 Å². The van der Waals surface area contributed by atoms with Gasteiger partial charge in [0.2, 0.25) is 0 Å². The monoisotopic (exact) mass is 249 g/mol. The minimum absolute atomic E-state index is 0.269. The minimum Gasteiger partial charge on any atom is -0.309 e. The van der Waals surface area contributed by atoms with E-state index in [0.717, 1.165) is 13.0 Å². The molecule has 1 N–H and O–H groups in total. The Morgan fingerprint density at radius 1 is 1.47 bits per heavy atom. The fourth-order valence-corrected chi connectivity index (χ4v) is 3.18. The van der Waals surface area contributed by atoms with Crippen molar-refractivity contribution in [2.24, 2.45) is 0 Å². The van der Waals surface area contributed by atoms with Gasteiger partial charge < -0.3 is 5.32 Å². The number of nitrogens with zero attached hydrogens (tertiary/aromatic N) is 2. The van der Waals surface area contributed by atoms with Crippen LogP contribution in [0.15, 0.2) is 23.8 Å². The maximum atomic E-state index is 4.35. The average molecular weight is 249 g/mol. The molecule has 0 amide bonds. The molecule has 0 aliphatic carbocycles. The quantitative estimate of drug-likeness (QED) is 0.883. The minimum atomic E-state index is 0.269. The van der Waals surface area contributed by atoms with Crippen molar-refractivity contribution in [3.05, 3.63) is 39.8 Å². The Morgan fingerprint density at radius 3 is 2.88 bits per heavy atom. The fraction of sp³-hybridized carbons (Fsp3) is 0.462. The topological polar surface area (TPSA) is 29.9 Å². The molecule has 0 aliphatic rings. The van der Waals surface area contributed by atoms with Crippen LogP contribution in [-0.2, 0) is 13.0 Å². The maximum absolute atomic E-state index is 4.35. The van der Waals surface area contributed by atoms with E-state index in [1.807, 2.05) is 29.3 Å². The van der Waals surface area contributed by atoms with E-state index in [0.29, 0.717) is 0 Å². The second-order valence-electron chi connectivity index (χ2n) is 4.01. The average Bonchev–Trinajstić information content (AvgIpc) is 2.99. The lowest BCUT2D eigenvalue weighted by Crippen LogP contribution is -2.17. The van der Waals surface area contributed by atoms with Crippen LogP contribution in [0.3, 0.4) is 0 Å². The van der Waals surface area contributed by atoms with Crippen LogP contribution in [-0.4, -0.2) is 16.8 Å². The summed E-state index contributed by atoms with van der Waals surface area (Å²) in [5, 5.41) is 9.91. The predicted molar refractivity (Wildman–Crippen MR) is 72.5 cm³/mol. The number of aromatic nitrogens is 2. The van der Waals surface area contributed by atoms with Gasteiger partial charge in [-0.15, -0.1) is 11.3 Å². The molecule has 0 saturated carbocycles. The molecular formula is C13H19N3S. The third-order valence-electron chi connectivity index (χ3n) is 3.02. The first-order valence-corrected chi connectivity index (χ1v) is 6.94. The zero-order valence-electron chi connectivity index (χ0n) is 10.6. The van der Waals surface area contributed by atoms with Crippen molar-refractivity contribution < 1.29 is 0 Å². The van der Waals surface area contributed by atoms with Gasteiger partial charge >= 0.3 is 0 Å². The van der Waals surface area contributed by atoms with E-state index in [2.05, 4.69) is 41.9 Å². The van der Waals surface area contributed by atoms with Crippen LogP contribution >= 0.6 is 11.3 Å². The van der Waals surface area contributed by atoms with E-state index in [4.69, 9.17) is 0 Å². The molecule has 92 valence electrons. The fourth-order valence-electron chi connectivity index (χ4n) is 2.04. The van der Waals surface area contributed by atoms with Crippen LogP contribution in [0.5, 0.6) is 0 Å². The summed E-state index contributed by atoms with van der Waals surface area (Å²) in [6.07, 6.45) is 5.17. The smallest absolute Gasteiger partial charge is 0.0702 e. The molecule has 0 saturated heterocycles. The third-order valence-corrected chi connectivity index (χ3v) is 4.05. The summed E-state index contributed by atoms with van der Waals surface area (Å²) >= 11 is 1.82. The summed E-state index contributed by atoms with van der Waals surface area (Å²) in [6, 6.07) is 2.49. The second-order valence-corrected chi connectivity index (χ2v) is 4.96. The van der Waals surface area contributed by atoms with Crippen molar-refractivity contribution in [2.45, 2.75) is 32.9 Å². The Labute approximate surface area is 106 Å². The van der Waals surface area contributed by atoms with E-state index in [-0.39, 0.29) is 6.04 Å². The molecule has 0 spiro atoms. The third kappa shape index (κ3) is 2.42. The molecule has 3 nitrogen and oxygen atoms in total. The highest BCUT2D eigenvalue weighted by Crippen LogP contribution is 2.29. The number of nitrogens with one attached hydrogen (secondary N) is 1. The van der Waals surface area contributed by atoms with Crippen molar-refractivity contribution in [1.29, 1.82) is 0 Å². The van der Waals surface area contributed by atoms with Gasteiger partial charge in [-0.1, -0.05) is 6.92 Å². The molecule has 17 heavy (non-hydrogen) atoms. The van der Waals surface area contributed by atoms with Crippen molar-refractivity contribution in [2.75, 3.05) is 7.05 Å². The molecule has 2 aromatic heterocycles. The van der Waals surface area contributed by atoms with Crippen LogP contribution in [0, 0.1) is 0 Å². The number of hydrogen-bond acceptors (Lipinski definition) is 3. The highest BCUT2D eigenvalue weighted by atomic mass is 32.1. The lowest BCUT2D eigenvalue weighted by molar-refractivity contribution is 0.654. The number of aryl methyl sites for hydroxylation is 2. The lowest BCUT2D eigenvalue weighted by Gasteiger charge is -2.14. The van der Waals surface area contributed by atoms with Crippen molar-refractivity contribution in [3.63, 3.8) is 0 Å². The van der Waals surface area contributed by atoms with Crippen molar-refractivity contribution in [1.82, 2.24) is 15.1 Å². The summed E-state index contributed by atoms with van der Waals surface area (Å²) in [7, 11) is 2.01. The highest BCUT2D eigenvalue weighted by Gasteiger charge is 2.17. The summed E-state index contributed by atoms with van der Waals surface area (Å²) in [4.78, 5) is 1.41. The van der Waals surface area contributed by atoms with E-state index >= 15 is 0 Å². The molecule has 0 fully saturated rings. The first-order chi connectivity index (χ1) is 8.30. The van der Waals surface area contributed by atoms with Crippen LogP contribution < -0.4 is 5.32 Å². The molecule has 2 rings (SSSR count). The summed E-state index contributed by atoms with van der Waals surface area (Å²) in [5.74, 6) is 0. The molecule has 0 aliphatic heterocycles. The first-order valence-electron chi connectivity index (χ1n) is 6.06. The number of hydrogen-bond donors (Lipinski definition) is 1. The van der Waals surface area contributed by atoms with E-state index in [1.54, 1.807) is 0 Å². The van der Waals surface area contributed by atoms with Gasteiger partial charge in [0, 0.05) is 23.2 Å². The maximum Gasteiger partial charge on any atom is 0.0702 e. The molecule has 0 radical (unpaired) electrons. The zero-order valence-corrected chi connectivity index (χ0v) is 11.4. The Morgan fingerprint density at radius 2 is 2.29 bits per heavy atom. The molecule has 4 heteroatoms. The van der Waals surface area contributed by atoms with Gasteiger partial charge in [0.05, 0.1) is 12.2 Å². The molecule has 2 aromatic rings. The van der Waals surface area contributed by atoms with Gasteiger partial charge in [0.1, 0.15) is 0 Å². The lowest BCUT2D eigenvalue weighted by atomic mass is 10.1. The highest BCUT2D eigenvalue weighted by molar-refractivity contribution is 7.10. The number of rotatable bonds is 5. The van der Waals surface area contributed by atoms with E-state index < -0.39 is 0 Å². The molecule has 0 aromatic carbocycles. The predicted octanol–water partition coefficient (Wildman–Crippen LogP) is 2.84.